The number of benzene rings is 2. The van der Waals surface area contributed by atoms with Crippen LogP contribution in [0.5, 0.6) is 11.5 Å². The zero-order chi connectivity index (χ0) is 22.9. The summed E-state index contributed by atoms with van der Waals surface area (Å²) in [5.74, 6) is 0.102. The van der Waals surface area contributed by atoms with Crippen molar-refractivity contribution in [2.45, 2.75) is 26.4 Å². The number of nitrogens with zero attached hydrogens (tertiary/aromatic N) is 3. The summed E-state index contributed by atoms with van der Waals surface area (Å²) >= 11 is 5.09. The van der Waals surface area contributed by atoms with Gasteiger partial charge in [0.2, 0.25) is 4.77 Å². The van der Waals surface area contributed by atoms with E-state index in [-0.39, 0.29) is 23.3 Å². The summed E-state index contributed by atoms with van der Waals surface area (Å²) in [6.45, 7) is 2.72. The van der Waals surface area contributed by atoms with Crippen molar-refractivity contribution in [3.05, 3.63) is 80.5 Å². The largest absolute Gasteiger partial charge is 0.490 e. The van der Waals surface area contributed by atoms with E-state index in [2.05, 4.69) is 15.3 Å². The van der Waals surface area contributed by atoms with Gasteiger partial charge in [0.15, 0.2) is 11.5 Å². The molecule has 0 saturated heterocycles. The predicted molar refractivity (Wildman–Crippen MR) is 121 cm³/mol. The Balaban J connectivity index is 1.82. The van der Waals surface area contributed by atoms with E-state index in [4.69, 9.17) is 26.8 Å². The molecule has 0 atom stereocenters. The number of carboxylic acids is 1. The van der Waals surface area contributed by atoms with Crippen molar-refractivity contribution in [3.63, 3.8) is 0 Å². The van der Waals surface area contributed by atoms with Crippen LogP contribution >= 0.6 is 12.2 Å². The average molecular weight is 455 g/mol. The highest BCUT2D eigenvalue weighted by Crippen LogP contribution is 2.29. The Hall–Kier alpha value is -3.79. The molecule has 1 heterocycles. The van der Waals surface area contributed by atoms with Crippen LogP contribution in [0.3, 0.4) is 0 Å². The summed E-state index contributed by atoms with van der Waals surface area (Å²) in [5, 5.41) is 19.3. The zero-order valence-corrected chi connectivity index (χ0v) is 18.2. The molecule has 0 fully saturated rings. The molecule has 10 heteroatoms. The maximum Gasteiger partial charge on any atom is 0.303 e. The highest BCUT2D eigenvalue weighted by atomic mass is 32.1. The smallest absolute Gasteiger partial charge is 0.303 e. The molecule has 0 radical (unpaired) electrons. The van der Waals surface area contributed by atoms with Crippen molar-refractivity contribution in [2.75, 3.05) is 6.61 Å². The summed E-state index contributed by atoms with van der Waals surface area (Å²) in [6.07, 6.45) is 1.20. The summed E-state index contributed by atoms with van der Waals surface area (Å²) in [6, 6.07) is 15.1. The molecule has 9 nitrogen and oxygen atoms in total. The molecular formula is C22H22N4O5S. The molecule has 0 spiro atoms. The molecule has 32 heavy (non-hydrogen) atoms. The number of carboxylic acid groups (broad SMARTS) is 1. The van der Waals surface area contributed by atoms with Crippen LogP contribution in [0.1, 0.15) is 30.2 Å². The van der Waals surface area contributed by atoms with Crippen molar-refractivity contribution in [3.8, 4) is 11.5 Å². The Labute approximate surface area is 189 Å². The van der Waals surface area contributed by atoms with Gasteiger partial charge >= 0.3 is 5.97 Å². The maximum atomic E-state index is 12.5. The van der Waals surface area contributed by atoms with Crippen LogP contribution in [0.15, 0.2) is 58.4 Å². The van der Waals surface area contributed by atoms with Gasteiger partial charge in [-0.25, -0.2) is 0 Å². The highest BCUT2D eigenvalue weighted by molar-refractivity contribution is 7.71. The van der Waals surface area contributed by atoms with Gasteiger partial charge in [0.1, 0.15) is 12.3 Å². The fraction of sp³-hybridized carbons (Fsp3) is 0.227. The first-order chi connectivity index (χ1) is 15.5. The van der Waals surface area contributed by atoms with E-state index in [1.54, 1.807) is 18.2 Å². The lowest BCUT2D eigenvalue weighted by Gasteiger charge is -2.12. The Kier molecular flexibility index (Phi) is 7.87. The van der Waals surface area contributed by atoms with Crippen molar-refractivity contribution < 1.29 is 19.4 Å². The standard InChI is InChI=1S/C22H22N4O5S/c1-2-30-19-12-16(8-10-18(19)31-14-15-6-4-3-5-7-15)13-23-26-21(29)17(9-11-20(27)28)24-25-22(26)32/h3-8,10,12-13H,2,9,11,14H2,1H3,(H,25,32)(H,27,28)/b23-13-. The molecule has 3 rings (SSSR count). The highest BCUT2D eigenvalue weighted by Gasteiger charge is 2.10. The minimum atomic E-state index is -1.03. The van der Waals surface area contributed by atoms with Crippen molar-refractivity contribution in [1.82, 2.24) is 14.9 Å². The molecule has 2 aromatic carbocycles. The lowest BCUT2D eigenvalue weighted by Crippen LogP contribution is -2.25. The van der Waals surface area contributed by atoms with Crippen LogP contribution in [-0.2, 0) is 17.8 Å². The average Bonchev–Trinajstić information content (AvgIpc) is 2.78. The Morgan fingerprint density at radius 1 is 1.22 bits per heavy atom. The molecule has 166 valence electrons. The third kappa shape index (κ3) is 6.11. The topological polar surface area (TPSA) is 119 Å². The van der Waals surface area contributed by atoms with Gasteiger partial charge in [-0.05, 0) is 48.5 Å². The molecule has 2 N–H and O–H groups in total. The monoisotopic (exact) mass is 454 g/mol. The molecule has 0 unspecified atom stereocenters. The molecular weight excluding hydrogens is 432 g/mol. The number of carbonyl (C=O) groups is 1. The first-order valence-corrected chi connectivity index (χ1v) is 10.3. The van der Waals surface area contributed by atoms with E-state index in [0.717, 1.165) is 10.2 Å². The van der Waals surface area contributed by atoms with E-state index in [1.807, 2.05) is 37.3 Å². The maximum absolute atomic E-state index is 12.5. The summed E-state index contributed by atoms with van der Waals surface area (Å²) in [5.41, 5.74) is 1.16. The number of hydrogen-bond acceptors (Lipinski definition) is 7. The molecule has 0 aliphatic heterocycles. The fourth-order valence-corrected chi connectivity index (χ4v) is 2.95. The number of aromatic nitrogens is 3. The Bertz CT molecular complexity index is 1220. The number of ether oxygens (including phenoxy) is 2. The van der Waals surface area contributed by atoms with E-state index >= 15 is 0 Å². The van der Waals surface area contributed by atoms with Crippen molar-refractivity contribution in [1.29, 1.82) is 0 Å². The second-order valence-corrected chi connectivity index (χ2v) is 7.03. The molecule has 0 amide bonds. The predicted octanol–water partition coefficient (Wildman–Crippen LogP) is 3.18. The lowest BCUT2D eigenvalue weighted by atomic mass is 10.2. The number of aliphatic carboxylic acids is 1. The van der Waals surface area contributed by atoms with Gasteiger partial charge in [-0.2, -0.15) is 14.9 Å². The molecule has 1 aromatic heterocycles. The first kappa shape index (κ1) is 22.9. The molecule has 0 bridgehead atoms. The second kappa shape index (κ2) is 11.0. The molecule has 0 saturated carbocycles. The van der Waals surface area contributed by atoms with Gasteiger partial charge in [0.25, 0.3) is 5.56 Å². The van der Waals surface area contributed by atoms with Crippen LogP contribution in [0.2, 0.25) is 0 Å². The number of rotatable bonds is 10. The number of H-pyrrole nitrogens is 1. The third-order valence-corrected chi connectivity index (χ3v) is 4.59. The second-order valence-electron chi connectivity index (χ2n) is 6.64. The number of aryl methyl sites for hydroxylation is 1. The molecule has 0 aliphatic rings. The van der Waals surface area contributed by atoms with E-state index in [0.29, 0.717) is 30.3 Å². The van der Waals surface area contributed by atoms with Gasteiger partial charge in [-0.1, -0.05) is 30.3 Å². The summed E-state index contributed by atoms with van der Waals surface area (Å²) < 4.78 is 12.6. The Morgan fingerprint density at radius 3 is 2.72 bits per heavy atom. The minimum absolute atomic E-state index is 0.00169. The Morgan fingerprint density at radius 2 is 2.00 bits per heavy atom. The zero-order valence-electron chi connectivity index (χ0n) is 17.4. The molecule has 0 aliphatic carbocycles. The van der Waals surface area contributed by atoms with Gasteiger partial charge in [-0.3, -0.25) is 14.7 Å². The molecule has 3 aromatic rings. The summed E-state index contributed by atoms with van der Waals surface area (Å²) in [4.78, 5) is 23.3. The van der Waals surface area contributed by atoms with Gasteiger partial charge in [0.05, 0.1) is 19.2 Å². The van der Waals surface area contributed by atoms with Crippen LogP contribution in [-0.4, -0.2) is 38.8 Å². The van der Waals surface area contributed by atoms with Crippen LogP contribution in [0.4, 0.5) is 0 Å². The lowest BCUT2D eigenvalue weighted by molar-refractivity contribution is -0.136. The SMILES string of the molecule is CCOc1cc(/C=N\n2c(=S)[nH]nc(CCC(=O)O)c2=O)ccc1OCc1ccccc1. The van der Waals surface area contributed by atoms with Gasteiger partial charge in [0, 0.05) is 6.42 Å². The van der Waals surface area contributed by atoms with E-state index < -0.39 is 11.5 Å². The van der Waals surface area contributed by atoms with Crippen molar-refractivity contribution in [2.24, 2.45) is 5.10 Å². The van der Waals surface area contributed by atoms with Crippen LogP contribution in [0.25, 0.3) is 0 Å². The minimum Gasteiger partial charge on any atom is -0.490 e. The summed E-state index contributed by atoms with van der Waals surface area (Å²) in [7, 11) is 0. The fourth-order valence-electron chi connectivity index (χ4n) is 2.77. The van der Waals surface area contributed by atoms with E-state index in [1.165, 1.54) is 6.21 Å². The van der Waals surface area contributed by atoms with Crippen LogP contribution in [0, 0.1) is 4.77 Å². The van der Waals surface area contributed by atoms with Gasteiger partial charge < -0.3 is 14.6 Å². The quantitative estimate of drug-likeness (QED) is 0.357. The normalized spacial score (nSPS) is 10.9. The third-order valence-electron chi connectivity index (χ3n) is 4.32. The van der Waals surface area contributed by atoms with Crippen LogP contribution < -0.4 is 15.0 Å². The number of hydrogen-bond donors (Lipinski definition) is 2. The van der Waals surface area contributed by atoms with E-state index in [9.17, 15) is 9.59 Å². The number of nitrogens with one attached hydrogen (secondary N) is 1. The first-order valence-electron chi connectivity index (χ1n) is 9.88. The van der Waals surface area contributed by atoms with Crippen molar-refractivity contribution >= 4 is 24.4 Å². The van der Waals surface area contributed by atoms with Gasteiger partial charge in [-0.15, -0.1) is 0 Å². The number of aromatic amines is 1.